The molecule has 118 valence electrons. The monoisotopic (exact) mass is 300 g/mol. The molecule has 1 saturated carbocycles. The van der Waals surface area contributed by atoms with E-state index < -0.39 is 0 Å². The van der Waals surface area contributed by atoms with Crippen LogP contribution in [0, 0.1) is 17.2 Å². The quantitative estimate of drug-likeness (QED) is 0.538. The molecule has 0 spiro atoms. The van der Waals surface area contributed by atoms with Gasteiger partial charge < -0.3 is 0 Å². The predicted octanol–water partition coefficient (Wildman–Crippen LogP) is 4.97. The number of halogens is 1. The molecule has 0 amide bonds. The molecule has 0 aliphatic heterocycles. The lowest BCUT2D eigenvalue weighted by Crippen LogP contribution is -2.15. The van der Waals surface area contributed by atoms with Crippen molar-refractivity contribution in [2.45, 2.75) is 40.0 Å². The van der Waals surface area contributed by atoms with Crippen LogP contribution in [-0.4, -0.2) is 17.7 Å². The predicted molar refractivity (Wildman–Crippen MR) is 90.7 cm³/mol. The Labute approximate surface area is 132 Å². The van der Waals surface area contributed by atoms with E-state index in [-0.39, 0.29) is 11.2 Å². The van der Waals surface area contributed by atoms with Crippen molar-refractivity contribution in [3.63, 3.8) is 0 Å². The van der Waals surface area contributed by atoms with Gasteiger partial charge in [-0.2, -0.15) is 0 Å². The number of pyridine rings is 1. The van der Waals surface area contributed by atoms with Crippen molar-refractivity contribution < 1.29 is 4.39 Å². The molecular formula is C19H25FN2. The molecule has 1 aliphatic carbocycles. The maximum absolute atomic E-state index is 14.1. The van der Waals surface area contributed by atoms with Crippen LogP contribution in [0.5, 0.6) is 0 Å². The summed E-state index contributed by atoms with van der Waals surface area (Å²) in [5.74, 6) is 0.176. The molecule has 22 heavy (non-hydrogen) atoms. The first-order valence-corrected chi connectivity index (χ1v) is 7.81. The van der Waals surface area contributed by atoms with E-state index in [1.165, 1.54) is 6.07 Å². The average molecular weight is 300 g/mol. The summed E-state index contributed by atoms with van der Waals surface area (Å²) in [4.78, 5) is 8.55. The normalized spacial score (nSPS) is 16.8. The summed E-state index contributed by atoms with van der Waals surface area (Å²) >= 11 is 0. The molecule has 1 fully saturated rings. The van der Waals surface area contributed by atoms with Gasteiger partial charge >= 0.3 is 0 Å². The summed E-state index contributed by atoms with van der Waals surface area (Å²) in [6.07, 6.45) is 7.00. The van der Waals surface area contributed by atoms with Crippen LogP contribution in [-0.2, 0) is 0 Å². The minimum atomic E-state index is -0.311. The van der Waals surface area contributed by atoms with Crippen LogP contribution in [0.25, 0.3) is 0 Å². The molecule has 1 heterocycles. The zero-order chi connectivity index (χ0) is 16.3. The smallest absolute Gasteiger partial charge is 0.151 e. The van der Waals surface area contributed by atoms with E-state index in [4.69, 9.17) is 0 Å². The van der Waals surface area contributed by atoms with Crippen molar-refractivity contribution in [2.24, 2.45) is 16.3 Å². The molecule has 0 saturated heterocycles. The van der Waals surface area contributed by atoms with Gasteiger partial charge in [0.25, 0.3) is 0 Å². The van der Waals surface area contributed by atoms with Gasteiger partial charge in [0.05, 0.1) is 5.71 Å². The van der Waals surface area contributed by atoms with Crippen molar-refractivity contribution in [1.82, 2.24) is 4.98 Å². The van der Waals surface area contributed by atoms with E-state index in [1.54, 1.807) is 19.3 Å². The number of aliphatic imine (C=N–C) groups is 1. The summed E-state index contributed by atoms with van der Waals surface area (Å²) in [6.45, 7) is 10.5. The Morgan fingerprint density at radius 3 is 2.68 bits per heavy atom. The first kappa shape index (κ1) is 16.6. The fraction of sp³-hybridized carbons (Fsp3) is 0.474. The van der Waals surface area contributed by atoms with Crippen LogP contribution in [0.4, 0.5) is 4.39 Å². The molecule has 0 radical (unpaired) electrons. The highest BCUT2D eigenvalue weighted by atomic mass is 19.1. The number of rotatable bonds is 6. The molecule has 0 aromatic carbocycles. The second-order valence-electron chi connectivity index (χ2n) is 6.71. The summed E-state index contributed by atoms with van der Waals surface area (Å²) in [6, 6.07) is 3.05. The molecule has 0 atom stereocenters. The third-order valence-corrected chi connectivity index (χ3v) is 4.48. The standard InChI is InChI=1S/C19H25FN2/c1-13(2)19(3,4)11-10-15(14-8-9-14)17(21-5)18-16(20)7-6-12-22-18/h6-7,10,12,14H,1,8-9,11H2,2-5H3/b15-10-,21-17?. The molecule has 1 aromatic heterocycles. The van der Waals surface area contributed by atoms with Gasteiger partial charge in [-0.1, -0.05) is 32.1 Å². The van der Waals surface area contributed by atoms with E-state index in [2.05, 4.69) is 43.4 Å². The number of nitrogens with zero attached hydrogens (tertiary/aromatic N) is 2. The van der Waals surface area contributed by atoms with Crippen molar-refractivity contribution in [1.29, 1.82) is 0 Å². The van der Waals surface area contributed by atoms with Crippen LogP contribution in [0.3, 0.4) is 0 Å². The lowest BCUT2D eigenvalue weighted by Gasteiger charge is -2.24. The van der Waals surface area contributed by atoms with E-state index in [1.807, 2.05) is 0 Å². The van der Waals surface area contributed by atoms with Crippen molar-refractivity contribution in [3.8, 4) is 0 Å². The SMILES string of the molecule is C=C(C)C(C)(C)C/C=C(\C(=NC)c1ncccc1F)C1CC1. The van der Waals surface area contributed by atoms with Crippen molar-refractivity contribution >= 4 is 5.71 Å². The molecule has 0 unspecified atom stereocenters. The van der Waals surface area contributed by atoms with Crippen LogP contribution >= 0.6 is 0 Å². The second-order valence-corrected chi connectivity index (χ2v) is 6.71. The first-order chi connectivity index (χ1) is 10.4. The molecule has 3 heteroatoms. The number of hydrogen-bond acceptors (Lipinski definition) is 2. The Hall–Kier alpha value is -1.77. The van der Waals surface area contributed by atoms with Gasteiger partial charge in [-0.05, 0) is 55.2 Å². The molecule has 2 rings (SSSR count). The zero-order valence-corrected chi connectivity index (χ0v) is 14.0. The minimum absolute atomic E-state index is 0.0294. The highest BCUT2D eigenvalue weighted by Gasteiger charge is 2.31. The molecule has 0 N–H and O–H groups in total. The van der Waals surface area contributed by atoms with Gasteiger partial charge in [-0.3, -0.25) is 9.98 Å². The fourth-order valence-electron chi connectivity index (χ4n) is 2.32. The molecule has 1 aromatic rings. The molecule has 1 aliphatic rings. The Kier molecular flexibility index (Phi) is 4.94. The van der Waals surface area contributed by atoms with Crippen molar-refractivity contribution in [3.05, 3.63) is 53.6 Å². The lowest BCUT2D eigenvalue weighted by atomic mass is 9.81. The highest BCUT2D eigenvalue weighted by molar-refractivity contribution is 6.12. The summed E-state index contributed by atoms with van der Waals surface area (Å²) < 4.78 is 14.1. The number of hydrogen-bond donors (Lipinski definition) is 0. The third kappa shape index (κ3) is 3.70. The zero-order valence-electron chi connectivity index (χ0n) is 14.0. The fourth-order valence-corrected chi connectivity index (χ4v) is 2.32. The van der Waals surface area contributed by atoms with E-state index in [0.717, 1.165) is 30.4 Å². The van der Waals surface area contributed by atoms with Gasteiger partial charge in [0.1, 0.15) is 5.69 Å². The summed E-state index contributed by atoms with van der Waals surface area (Å²) in [5, 5.41) is 0. The van der Waals surface area contributed by atoms with Crippen LogP contribution in [0.2, 0.25) is 0 Å². The first-order valence-electron chi connectivity index (χ1n) is 7.81. The van der Waals surface area contributed by atoms with Crippen LogP contribution in [0.15, 0.2) is 47.1 Å². The summed E-state index contributed by atoms with van der Waals surface area (Å²) in [7, 11) is 1.71. The lowest BCUT2D eigenvalue weighted by molar-refractivity contribution is 0.454. The van der Waals surface area contributed by atoms with Gasteiger partial charge in [0.2, 0.25) is 0 Å². The van der Waals surface area contributed by atoms with Crippen LogP contribution in [0.1, 0.15) is 45.7 Å². The number of aromatic nitrogens is 1. The van der Waals surface area contributed by atoms with Gasteiger partial charge in [0, 0.05) is 13.2 Å². The van der Waals surface area contributed by atoms with Gasteiger partial charge in [-0.15, -0.1) is 0 Å². The van der Waals surface area contributed by atoms with Gasteiger partial charge in [-0.25, -0.2) is 4.39 Å². The van der Waals surface area contributed by atoms with E-state index in [9.17, 15) is 4.39 Å². The minimum Gasteiger partial charge on any atom is -0.286 e. The molecule has 0 bridgehead atoms. The van der Waals surface area contributed by atoms with Crippen molar-refractivity contribution in [2.75, 3.05) is 7.05 Å². The highest BCUT2D eigenvalue weighted by Crippen LogP contribution is 2.40. The maximum Gasteiger partial charge on any atom is 0.151 e. The van der Waals surface area contributed by atoms with Crippen LogP contribution < -0.4 is 0 Å². The topological polar surface area (TPSA) is 25.2 Å². The maximum atomic E-state index is 14.1. The van der Waals surface area contributed by atoms with E-state index >= 15 is 0 Å². The molecular weight excluding hydrogens is 275 g/mol. The Bertz CT molecular complexity index is 622. The Morgan fingerprint density at radius 1 is 1.50 bits per heavy atom. The third-order valence-electron chi connectivity index (χ3n) is 4.48. The Balaban J connectivity index is 2.35. The van der Waals surface area contributed by atoms with Gasteiger partial charge in [0.15, 0.2) is 5.82 Å². The summed E-state index contributed by atoms with van der Waals surface area (Å²) in [5.41, 5.74) is 3.36. The largest absolute Gasteiger partial charge is 0.286 e. The number of allylic oxidation sites excluding steroid dienone is 3. The average Bonchev–Trinajstić information content (AvgIpc) is 3.29. The Morgan fingerprint density at radius 2 is 2.18 bits per heavy atom. The molecule has 2 nitrogen and oxygen atoms in total. The van der Waals surface area contributed by atoms with E-state index in [0.29, 0.717) is 17.3 Å². The second kappa shape index (κ2) is 6.55.